The summed E-state index contributed by atoms with van der Waals surface area (Å²) in [7, 11) is -9.78. The fraction of sp³-hybridized carbons (Fsp3) is 0.687. The van der Waals surface area contributed by atoms with Crippen LogP contribution in [0.25, 0.3) is 0 Å². The van der Waals surface area contributed by atoms with Crippen LogP contribution in [0.2, 0.25) is 0 Å². The van der Waals surface area contributed by atoms with E-state index in [1.165, 1.54) is 0 Å². The third kappa shape index (κ3) is 61.6. The van der Waals surface area contributed by atoms with E-state index in [-0.39, 0.29) is 19.3 Å². The lowest BCUT2D eigenvalue weighted by molar-refractivity contribution is -0.161. The smallest absolute Gasteiger partial charge is 0.463 e. The van der Waals surface area contributed by atoms with Crippen LogP contribution < -0.4 is 0 Å². The van der Waals surface area contributed by atoms with Gasteiger partial charge in [-0.25, -0.2) is 9.13 Å². The lowest BCUT2D eigenvalue weighted by Crippen LogP contribution is -2.30. The van der Waals surface area contributed by atoms with Crippen molar-refractivity contribution >= 4 is 33.6 Å². The molecule has 0 heterocycles. The maximum absolute atomic E-state index is 12.9. The van der Waals surface area contributed by atoms with Gasteiger partial charge in [0, 0.05) is 19.3 Å². The molecule has 0 aliphatic carbocycles. The van der Waals surface area contributed by atoms with Gasteiger partial charge in [0.15, 0.2) is 6.10 Å². The van der Waals surface area contributed by atoms with Gasteiger partial charge in [-0.15, -0.1) is 0 Å². The molecule has 0 aromatic heterocycles. The minimum Gasteiger partial charge on any atom is -0.463 e. The molecule has 0 aromatic rings. The number of phosphoric acid groups is 2. The van der Waals surface area contributed by atoms with Crippen LogP contribution in [0.4, 0.5) is 0 Å². The van der Waals surface area contributed by atoms with Gasteiger partial charge in [-0.05, 0) is 116 Å². The number of hydrogen-bond donors (Lipinski definition) is 4. The van der Waals surface area contributed by atoms with E-state index in [4.69, 9.17) is 32.3 Å². The highest BCUT2D eigenvalue weighted by atomic mass is 31.2. The number of phosphoric ester groups is 2. The molecule has 0 aliphatic rings. The van der Waals surface area contributed by atoms with Crippen LogP contribution in [0.3, 0.4) is 0 Å². The molecule has 5 atom stereocenters. The topological polar surface area (TPSA) is 231 Å². The van der Waals surface area contributed by atoms with Crippen LogP contribution in [0.15, 0.2) is 109 Å². The Hall–Kier alpha value is -3.79. The predicted molar refractivity (Wildman–Crippen MR) is 344 cm³/mol. The maximum atomic E-state index is 12.9. The van der Waals surface area contributed by atoms with Gasteiger partial charge in [0.25, 0.3) is 0 Å². The number of allylic oxidation sites excluding steroid dienone is 18. The van der Waals surface area contributed by atoms with E-state index in [2.05, 4.69) is 130 Å². The van der Waals surface area contributed by atoms with Crippen molar-refractivity contribution in [3.05, 3.63) is 109 Å². The molecule has 0 fully saturated rings. The second-order valence-corrected chi connectivity index (χ2v) is 24.1. The predicted octanol–water partition coefficient (Wildman–Crippen LogP) is 17.3. The summed E-state index contributed by atoms with van der Waals surface area (Å²) in [6.45, 7) is 2.31. The number of carbonyl (C=O) groups excluding carboxylic acids is 3. The highest BCUT2D eigenvalue weighted by Gasteiger charge is 2.29. The SMILES string of the molecule is CC/C=C\C/C=C\C/C=C\C/C=C\CCCCCCCCC(=O)OCC(O)COP(=O)(O)OCC(O)COP(=O)(O)OCC(COC(=O)CCCCCCCCC/C=C\C/C=C\C/C=C\CC)OC(=O)CCCCCCC/C=C\C/C=C\CCC. The van der Waals surface area contributed by atoms with Crippen molar-refractivity contribution in [2.24, 2.45) is 0 Å². The van der Waals surface area contributed by atoms with Gasteiger partial charge in [0.1, 0.15) is 25.4 Å². The molecule has 0 aliphatic heterocycles. The minimum atomic E-state index is -4.93. The molecule has 0 radical (unpaired) electrons. The Kier molecular flexibility index (Phi) is 57.8. The first kappa shape index (κ1) is 81.2. The summed E-state index contributed by atoms with van der Waals surface area (Å²) in [6.07, 6.45) is 65.7. The monoisotopic (exact) mass is 1240 g/mol. The van der Waals surface area contributed by atoms with Gasteiger partial charge in [-0.2, -0.15) is 0 Å². The van der Waals surface area contributed by atoms with Crippen LogP contribution >= 0.6 is 15.6 Å². The van der Waals surface area contributed by atoms with E-state index >= 15 is 0 Å². The zero-order valence-electron chi connectivity index (χ0n) is 52.5. The standard InChI is InChI=1S/C67H114O16P2/c1-4-7-10-13-16-19-22-25-27-29-30-32-34-36-38-41-44-47-50-53-65(70)77-56-62(68)57-79-84(73,74)80-58-63(69)59-81-85(75,76)82-61-64(83-67(72)55-52-49-46-43-40-35-24-21-18-15-12-9-6-3)60-78-66(71)54-51-48-45-42-39-37-33-31-28-26-23-20-17-14-11-8-5-2/h7-8,10-12,15-17,19-21,24-28,30,32,62-64,68-69H,4-6,9,13-14,18,22-23,29,31,33-61H2,1-3H3,(H,73,74)(H,75,76)/b10-7-,11-8-,15-12-,19-16-,20-17-,24-21-,27-25-,28-26-,32-30-. The Morgan fingerprint density at radius 2 is 0.624 bits per heavy atom. The molecule has 18 heteroatoms. The van der Waals surface area contributed by atoms with Crippen molar-refractivity contribution in [3.8, 4) is 0 Å². The molecular weight excluding hydrogens is 1120 g/mol. The van der Waals surface area contributed by atoms with Crippen LogP contribution in [-0.4, -0.2) is 95.9 Å². The first-order chi connectivity index (χ1) is 41.2. The largest absolute Gasteiger partial charge is 0.472 e. The van der Waals surface area contributed by atoms with Crippen molar-refractivity contribution in [3.63, 3.8) is 0 Å². The molecular formula is C67H114O16P2. The van der Waals surface area contributed by atoms with Crippen molar-refractivity contribution in [2.45, 2.75) is 257 Å². The Morgan fingerprint density at radius 3 is 0.988 bits per heavy atom. The number of esters is 3. The number of unbranched alkanes of at least 4 members (excludes halogenated alkanes) is 19. The zero-order chi connectivity index (χ0) is 62.4. The van der Waals surface area contributed by atoms with Crippen molar-refractivity contribution in [1.29, 1.82) is 0 Å². The minimum absolute atomic E-state index is 0.0837. The van der Waals surface area contributed by atoms with Crippen LogP contribution in [0.5, 0.6) is 0 Å². The molecule has 0 saturated carbocycles. The van der Waals surface area contributed by atoms with Gasteiger partial charge in [0.2, 0.25) is 0 Å². The fourth-order valence-electron chi connectivity index (χ4n) is 8.08. The number of aliphatic hydroxyl groups is 2. The Balaban J connectivity index is 4.68. The molecule has 0 saturated heterocycles. The van der Waals surface area contributed by atoms with E-state index in [9.17, 15) is 43.5 Å². The van der Waals surface area contributed by atoms with Gasteiger partial charge in [-0.1, -0.05) is 214 Å². The number of aliphatic hydroxyl groups excluding tert-OH is 2. The Morgan fingerprint density at radius 1 is 0.341 bits per heavy atom. The quantitative estimate of drug-likeness (QED) is 0.0146. The molecule has 0 bridgehead atoms. The maximum Gasteiger partial charge on any atom is 0.472 e. The first-order valence-corrected chi connectivity index (χ1v) is 35.2. The van der Waals surface area contributed by atoms with E-state index < -0.39 is 91.5 Å². The molecule has 85 heavy (non-hydrogen) atoms. The second-order valence-electron chi connectivity index (χ2n) is 21.1. The average Bonchev–Trinajstić information content (AvgIpc) is 3.51. The molecule has 5 unspecified atom stereocenters. The lowest BCUT2D eigenvalue weighted by atomic mass is 10.1. The summed E-state index contributed by atoms with van der Waals surface area (Å²) in [5, 5.41) is 20.5. The summed E-state index contributed by atoms with van der Waals surface area (Å²) in [6, 6.07) is 0. The van der Waals surface area contributed by atoms with Gasteiger partial charge >= 0.3 is 33.6 Å². The number of carbonyl (C=O) groups is 3. The van der Waals surface area contributed by atoms with Gasteiger partial charge in [-0.3, -0.25) is 32.5 Å². The summed E-state index contributed by atoms with van der Waals surface area (Å²) in [5.74, 6) is -1.62. The summed E-state index contributed by atoms with van der Waals surface area (Å²) in [4.78, 5) is 58.2. The van der Waals surface area contributed by atoms with E-state index in [0.717, 1.165) is 180 Å². The van der Waals surface area contributed by atoms with Crippen LogP contribution in [0, 0.1) is 0 Å². The summed E-state index contributed by atoms with van der Waals surface area (Å²) < 4.78 is 60.7. The Labute approximate surface area is 513 Å². The average molecular weight is 1240 g/mol. The molecule has 16 nitrogen and oxygen atoms in total. The summed E-state index contributed by atoms with van der Waals surface area (Å²) >= 11 is 0. The van der Waals surface area contributed by atoms with E-state index in [1.54, 1.807) is 0 Å². The molecule has 0 aromatic carbocycles. The van der Waals surface area contributed by atoms with E-state index in [1.807, 2.05) is 0 Å². The first-order valence-electron chi connectivity index (χ1n) is 32.2. The molecule has 0 spiro atoms. The highest BCUT2D eigenvalue weighted by molar-refractivity contribution is 7.47. The fourth-order valence-corrected chi connectivity index (χ4v) is 9.67. The van der Waals surface area contributed by atoms with Crippen molar-refractivity contribution in [2.75, 3.05) is 39.6 Å². The molecule has 0 rings (SSSR count). The Bertz CT molecular complexity index is 1990. The van der Waals surface area contributed by atoms with Crippen LogP contribution in [-0.2, 0) is 55.8 Å². The molecule has 4 N–H and O–H groups in total. The second kappa shape index (κ2) is 60.5. The zero-order valence-corrected chi connectivity index (χ0v) is 54.3. The van der Waals surface area contributed by atoms with Gasteiger partial charge < -0.3 is 34.2 Å². The molecule has 0 amide bonds. The van der Waals surface area contributed by atoms with Crippen molar-refractivity contribution < 1.29 is 75.8 Å². The number of rotatable bonds is 60. The number of ether oxygens (including phenoxy) is 3. The third-order valence-corrected chi connectivity index (χ3v) is 14.8. The normalized spacial score (nSPS) is 15.0. The van der Waals surface area contributed by atoms with Gasteiger partial charge in [0.05, 0.1) is 26.4 Å². The van der Waals surface area contributed by atoms with Crippen molar-refractivity contribution in [1.82, 2.24) is 0 Å². The summed E-state index contributed by atoms with van der Waals surface area (Å²) in [5.41, 5.74) is 0. The third-order valence-electron chi connectivity index (χ3n) is 12.9. The van der Waals surface area contributed by atoms with Crippen LogP contribution in [0.1, 0.15) is 239 Å². The highest BCUT2D eigenvalue weighted by Crippen LogP contribution is 2.45. The van der Waals surface area contributed by atoms with E-state index in [0.29, 0.717) is 19.3 Å². The lowest BCUT2D eigenvalue weighted by Gasteiger charge is -2.21. The molecule has 488 valence electrons. The number of hydrogen-bond acceptors (Lipinski definition) is 14.